The van der Waals surface area contributed by atoms with Crippen LogP contribution in [-0.4, -0.2) is 18.0 Å². The summed E-state index contributed by atoms with van der Waals surface area (Å²) in [7, 11) is 1.62. The van der Waals surface area contributed by atoms with Gasteiger partial charge in [-0.25, -0.2) is 4.98 Å². The van der Waals surface area contributed by atoms with Crippen LogP contribution in [0.1, 0.15) is 10.4 Å². The standard InChI is InChI=1S/C15H11BrN2O2S/c1-20-9-6-7-12-13(8-9)21-15(17-12)18-14(19)10-4-2-3-5-11(10)16/h2-8H,1H3,(H,17,18,19). The summed E-state index contributed by atoms with van der Waals surface area (Å²) < 4.78 is 6.91. The number of amides is 1. The van der Waals surface area contributed by atoms with E-state index in [0.29, 0.717) is 10.7 Å². The first-order valence-electron chi connectivity index (χ1n) is 6.18. The molecule has 0 aliphatic carbocycles. The number of halogens is 1. The molecule has 0 bridgehead atoms. The molecule has 0 aliphatic rings. The molecule has 1 amide bonds. The van der Waals surface area contributed by atoms with Crippen molar-refractivity contribution in [2.75, 3.05) is 12.4 Å². The van der Waals surface area contributed by atoms with Crippen molar-refractivity contribution in [2.45, 2.75) is 0 Å². The van der Waals surface area contributed by atoms with Gasteiger partial charge in [0, 0.05) is 4.47 Å². The Kier molecular flexibility index (Phi) is 3.90. The van der Waals surface area contributed by atoms with Gasteiger partial charge in [0.15, 0.2) is 5.13 Å². The molecule has 4 nitrogen and oxygen atoms in total. The number of fused-ring (bicyclic) bond motifs is 1. The summed E-state index contributed by atoms with van der Waals surface area (Å²) >= 11 is 4.79. The van der Waals surface area contributed by atoms with Gasteiger partial charge in [0.1, 0.15) is 5.75 Å². The fraction of sp³-hybridized carbons (Fsp3) is 0.0667. The van der Waals surface area contributed by atoms with E-state index in [2.05, 4.69) is 26.2 Å². The second-order valence-corrected chi connectivity index (χ2v) is 6.17. The molecule has 0 saturated heterocycles. The maximum Gasteiger partial charge on any atom is 0.258 e. The van der Waals surface area contributed by atoms with Gasteiger partial charge in [-0.1, -0.05) is 23.5 Å². The lowest BCUT2D eigenvalue weighted by Crippen LogP contribution is -2.12. The molecular weight excluding hydrogens is 352 g/mol. The van der Waals surface area contributed by atoms with Gasteiger partial charge in [-0.3, -0.25) is 10.1 Å². The normalized spacial score (nSPS) is 10.6. The number of thiazole rings is 1. The van der Waals surface area contributed by atoms with Crippen molar-refractivity contribution in [3.63, 3.8) is 0 Å². The number of aromatic nitrogens is 1. The highest BCUT2D eigenvalue weighted by molar-refractivity contribution is 9.10. The van der Waals surface area contributed by atoms with Crippen LogP contribution < -0.4 is 10.1 Å². The third-order valence-electron chi connectivity index (χ3n) is 2.93. The number of carbonyl (C=O) groups is 1. The van der Waals surface area contributed by atoms with E-state index in [0.717, 1.165) is 20.4 Å². The fourth-order valence-electron chi connectivity index (χ4n) is 1.90. The van der Waals surface area contributed by atoms with E-state index < -0.39 is 0 Å². The molecule has 0 atom stereocenters. The van der Waals surface area contributed by atoms with Crippen LogP contribution in [0.25, 0.3) is 10.2 Å². The van der Waals surface area contributed by atoms with Gasteiger partial charge in [0.05, 0.1) is 22.9 Å². The van der Waals surface area contributed by atoms with Crippen molar-refractivity contribution in [1.82, 2.24) is 4.98 Å². The lowest BCUT2D eigenvalue weighted by atomic mass is 10.2. The monoisotopic (exact) mass is 362 g/mol. The number of rotatable bonds is 3. The number of nitrogens with one attached hydrogen (secondary N) is 1. The Balaban J connectivity index is 1.88. The highest BCUT2D eigenvalue weighted by Gasteiger charge is 2.12. The lowest BCUT2D eigenvalue weighted by Gasteiger charge is -2.03. The van der Waals surface area contributed by atoms with Crippen LogP contribution >= 0.6 is 27.3 Å². The van der Waals surface area contributed by atoms with Crippen LogP contribution in [0.2, 0.25) is 0 Å². The van der Waals surface area contributed by atoms with E-state index in [1.54, 1.807) is 13.2 Å². The second kappa shape index (κ2) is 5.83. The number of anilines is 1. The molecule has 1 N–H and O–H groups in total. The minimum atomic E-state index is -0.187. The van der Waals surface area contributed by atoms with E-state index in [-0.39, 0.29) is 5.91 Å². The number of benzene rings is 2. The van der Waals surface area contributed by atoms with Gasteiger partial charge in [-0.2, -0.15) is 0 Å². The molecule has 21 heavy (non-hydrogen) atoms. The van der Waals surface area contributed by atoms with Gasteiger partial charge in [-0.15, -0.1) is 0 Å². The first kappa shape index (κ1) is 14.0. The highest BCUT2D eigenvalue weighted by atomic mass is 79.9. The SMILES string of the molecule is COc1ccc2nc(NC(=O)c3ccccc3Br)sc2c1. The van der Waals surface area contributed by atoms with Crippen molar-refractivity contribution in [2.24, 2.45) is 0 Å². The summed E-state index contributed by atoms with van der Waals surface area (Å²) in [5, 5.41) is 3.39. The van der Waals surface area contributed by atoms with Gasteiger partial charge in [-0.05, 0) is 46.3 Å². The minimum Gasteiger partial charge on any atom is -0.497 e. The summed E-state index contributed by atoms with van der Waals surface area (Å²) in [6, 6.07) is 12.9. The van der Waals surface area contributed by atoms with E-state index in [1.165, 1.54) is 11.3 Å². The Morgan fingerprint density at radius 1 is 1.29 bits per heavy atom. The zero-order valence-corrected chi connectivity index (χ0v) is 13.5. The Hall–Kier alpha value is -1.92. The highest BCUT2D eigenvalue weighted by Crippen LogP contribution is 2.29. The fourth-order valence-corrected chi connectivity index (χ4v) is 3.25. The summed E-state index contributed by atoms with van der Waals surface area (Å²) in [5.74, 6) is 0.586. The number of hydrogen-bond donors (Lipinski definition) is 1. The lowest BCUT2D eigenvalue weighted by molar-refractivity contribution is 0.102. The molecule has 6 heteroatoms. The van der Waals surface area contributed by atoms with Crippen LogP contribution in [0.5, 0.6) is 5.75 Å². The topological polar surface area (TPSA) is 51.2 Å². The van der Waals surface area contributed by atoms with Crippen LogP contribution in [0.4, 0.5) is 5.13 Å². The third kappa shape index (κ3) is 2.91. The molecule has 0 spiro atoms. The molecule has 2 aromatic carbocycles. The molecule has 106 valence electrons. The smallest absolute Gasteiger partial charge is 0.258 e. The Morgan fingerprint density at radius 2 is 2.10 bits per heavy atom. The number of methoxy groups -OCH3 is 1. The van der Waals surface area contributed by atoms with Crippen LogP contribution in [0.3, 0.4) is 0 Å². The molecule has 0 radical (unpaired) electrons. The van der Waals surface area contributed by atoms with E-state index in [1.807, 2.05) is 36.4 Å². The maximum absolute atomic E-state index is 12.2. The molecule has 3 aromatic rings. The number of carbonyl (C=O) groups excluding carboxylic acids is 1. The summed E-state index contributed by atoms with van der Waals surface area (Å²) in [4.78, 5) is 16.6. The minimum absolute atomic E-state index is 0.187. The first-order chi connectivity index (χ1) is 10.2. The summed E-state index contributed by atoms with van der Waals surface area (Å²) in [6.45, 7) is 0. The van der Waals surface area contributed by atoms with Crippen molar-refractivity contribution in [3.05, 3.63) is 52.5 Å². The van der Waals surface area contributed by atoms with Crippen molar-refractivity contribution >= 4 is 48.5 Å². The quantitative estimate of drug-likeness (QED) is 0.754. The van der Waals surface area contributed by atoms with Gasteiger partial charge >= 0.3 is 0 Å². The first-order valence-corrected chi connectivity index (χ1v) is 7.79. The van der Waals surface area contributed by atoms with Gasteiger partial charge < -0.3 is 4.74 Å². The van der Waals surface area contributed by atoms with Gasteiger partial charge in [0.2, 0.25) is 0 Å². The van der Waals surface area contributed by atoms with E-state index in [4.69, 9.17) is 4.74 Å². The molecule has 0 aliphatic heterocycles. The summed E-state index contributed by atoms with van der Waals surface area (Å²) in [5.41, 5.74) is 1.41. The number of ether oxygens (including phenoxy) is 1. The Morgan fingerprint density at radius 3 is 2.86 bits per heavy atom. The largest absolute Gasteiger partial charge is 0.497 e. The third-order valence-corrected chi connectivity index (χ3v) is 4.56. The van der Waals surface area contributed by atoms with Crippen LogP contribution in [0, 0.1) is 0 Å². The molecule has 0 saturated carbocycles. The van der Waals surface area contributed by atoms with Crippen LogP contribution in [-0.2, 0) is 0 Å². The zero-order chi connectivity index (χ0) is 14.8. The molecular formula is C15H11BrN2O2S. The summed E-state index contributed by atoms with van der Waals surface area (Å²) in [6.07, 6.45) is 0. The molecule has 0 fully saturated rings. The van der Waals surface area contributed by atoms with Crippen molar-refractivity contribution in [3.8, 4) is 5.75 Å². The molecule has 1 heterocycles. The maximum atomic E-state index is 12.2. The average molecular weight is 363 g/mol. The molecule has 3 rings (SSSR count). The van der Waals surface area contributed by atoms with E-state index >= 15 is 0 Å². The number of hydrogen-bond acceptors (Lipinski definition) is 4. The predicted octanol–water partition coefficient (Wildman–Crippen LogP) is 4.32. The van der Waals surface area contributed by atoms with Crippen molar-refractivity contribution in [1.29, 1.82) is 0 Å². The second-order valence-electron chi connectivity index (χ2n) is 4.29. The number of nitrogens with zero attached hydrogens (tertiary/aromatic N) is 1. The Labute approximate surface area is 133 Å². The van der Waals surface area contributed by atoms with Crippen molar-refractivity contribution < 1.29 is 9.53 Å². The van der Waals surface area contributed by atoms with Gasteiger partial charge in [0.25, 0.3) is 5.91 Å². The average Bonchev–Trinajstić information content (AvgIpc) is 2.88. The predicted molar refractivity (Wildman–Crippen MR) is 88.3 cm³/mol. The van der Waals surface area contributed by atoms with E-state index in [9.17, 15) is 4.79 Å². The zero-order valence-electron chi connectivity index (χ0n) is 11.1. The molecule has 1 aromatic heterocycles. The van der Waals surface area contributed by atoms with Crippen LogP contribution in [0.15, 0.2) is 46.9 Å². The Bertz CT molecular complexity index is 816. The molecule has 0 unspecified atom stereocenters.